The standard InChI is InChI=1S/C22H24O2S/c1-24-12-4-7-19-14-20(15-21(23)10-11-22(19)25)18-9-8-16-5-2-3-6-17(16)13-18/h2-3,5-6,8-9,13,15,19H,4,7,10-12,14H2,1H3. The number of thiocarbonyl (C=S) groups is 1. The first-order valence-corrected chi connectivity index (χ1v) is 9.32. The van der Waals surface area contributed by atoms with Crippen LogP contribution in [-0.2, 0) is 9.53 Å². The summed E-state index contributed by atoms with van der Waals surface area (Å²) < 4.78 is 5.19. The first-order chi connectivity index (χ1) is 12.2. The molecule has 0 saturated heterocycles. The second kappa shape index (κ2) is 8.50. The van der Waals surface area contributed by atoms with Crippen molar-refractivity contribution >= 4 is 39.2 Å². The number of methoxy groups -OCH3 is 1. The number of ketones is 1. The van der Waals surface area contributed by atoms with Gasteiger partial charge in [0.25, 0.3) is 0 Å². The van der Waals surface area contributed by atoms with Crippen molar-refractivity contribution in [1.82, 2.24) is 0 Å². The van der Waals surface area contributed by atoms with Crippen molar-refractivity contribution in [2.24, 2.45) is 5.92 Å². The molecule has 0 spiro atoms. The molecule has 2 aromatic rings. The zero-order chi connectivity index (χ0) is 17.6. The van der Waals surface area contributed by atoms with E-state index in [4.69, 9.17) is 17.0 Å². The van der Waals surface area contributed by atoms with Gasteiger partial charge in [-0.1, -0.05) is 48.6 Å². The van der Waals surface area contributed by atoms with Crippen LogP contribution in [0.3, 0.4) is 0 Å². The Kier molecular flexibility index (Phi) is 6.11. The molecule has 2 aromatic carbocycles. The first kappa shape index (κ1) is 18.0. The highest BCUT2D eigenvalue weighted by Crippen LogP contribution is 2.31. The molecule has 1 atom stereocenters. The van der Waals surface area contributed by atoms with Crippen LogP contribution in [0.1, 0.15) is 37.7 Å². The predicted molar refractivity (Wildman–Crippen MR) is 108 cm³/mol. The van der Waals surface area contributed by atoms with Gasteiger partial charge in [-0.3, -0.25) is 4.79 Å². The number of allylic oxidation sites excluding steroid dienone is 2. The third-order valence-corrected chi connectivity index (χ3v) is 5.43. The average Bonchev–Trinajstić information content (AvgIpc) is 2.63. The Morgan fingerprint density at radius 3 is 2.72 bits per heavy atom. The van der Waals surface area contributed by atoms with E-state index in [1.165, 1.54) is 10.8 Å². The number of benzene rings is 2. The van der Waals surface area contributed by atoms with E-state index in [-0.39, 0.29) is 5.78 Å². The number of ether oxygens (including phenoxy) is 1. The molecule has 0 aliphatic heterocycles. The fraction of sp³-hybridized carbons (Fsp3) is 0.364. The summed E-state index contributed by atoms with van der Waals surface area (Å²) in [5.74, 6) is 0.525. The Labute approximate surface area is 154 Å². The molecule has 0 saturated carbocycles. The van der Waals surface area contributed by atoms with E-state index in [1.807, 2.05) is 18.2 Å². The smallest absolute Gasteiger partial charge is 0.156 e. The highest BCUT2D eigenvalue weighted by atomic mass is 32.1. The Bertz CT molecular complexity index is 807. The van der Waals surface area contributed by atoms with Crippen molar-refractivity contribution < 1.29 is 9.53 Å². The van der Waals surface area contributed by atoms with E-state index in [1.54, 1.807) is 7.11 Å². The Hall–Kier alpha value is -1.84. The molecule has 1 unspecified atom stereocenters. The van der Waals surface area contributed by atoms with Gasteiger partial charge < -0.3 is 4.74 Å². The fourth-order valence-electron chi connectivity index (χ4n) is 3.48. The number of hydrogen-bond acceptors (Lipinski definition) is 3. The van der Waals surface area contributed by atoms with Crippen molar-refractivity contribution in [2.45, 2.75) is 32.1 Å². The summed E-state index contributed by atoms with van der Waals surface area (Å²) in [4.78, 5) is 13.3. The summed E-state index contributed by atoms with van der Waals surface area (Å²) in [6.45, 7) is 0.757. The van der Waals surface area contributed by atoms with E-state index in [9.17, 15) is 4.79 Å². The molecule has 2 nitrogen and oxygen atoms in total. The maximum atomic E-state index is 12.2. The van der Waals surface area contributed by atoms with Gasteiger partial charge in [-0.05, 0) is 70.5 Å². The van der Waals surface area contributed by atoms with Crippen molar-refractivity contribution in [1.29, 1.82) is 0 Å². The van der Waals surface area contributed by atoms with Crippen LogP contribution in [-0.4, -0.2) is 24.4 Å². The molecule has 0 bridgehead atoms. The maximum Gasteiger partial charge on any atom is 0.156 e. The summed E-state index contributed by atoms with van der Waals surface area (Å²) in [5, 5.41) is 2.42. The van der Waals surface area contributed by atoms with Gasteiger partial charge in [0.2, 0.25) is 0 Å². The first-order valence-electron chi connectivity index (χ1n) is 8.91. The van der Waals surface area contributed by atoms with Gasteiger partial charge in [0.05, 0.1) is 0 Å². The number of rotatable bonds is 5. The Morgan fingerprint density at radius 1 is 1.12 bits per heavy atom. The molecular formula is C22H24O2S. The molecule has 1 aliphatic carbocycles. The summed E-state index contributed by atoms with van der Waals surface area (Å²) in [6, 6.07) is 14.8. The number of hydrogen-bond donors (Lipinski definition) is 0. The van der Waals surface area contributed by atoms with Crippen LogP contribution in [0.2, 0.25) is 0 Å². The van der Waals surface area contributed by atoms with Crippen LogP contribution in [0, 0.1) is 5.92 Å². The van der Waals surface area contributed by atoms with Gasteiger partial charge in [0, 0.05) is 20.1 Å². The Morgan fingerprint density at radius 2 is 1.92 bits per heavy atom. The minimum atomic E-state index is 0.181. The SMILES string of the molecule is COCCCC1CC(c2ccc3ccccc3c2)=CC(=O)CCC1=S. The van der Waals surface area contributed by atoms with Crippen molar-refractivity contribution in [3.05, 3.63) is 54.1 Å². The Balaban J connectivity index is 1.90. The lowest BCUT2D eigenvalue weighted by Crippen LogP contribution is -2.18. The zero-order valence-electron chi connectivity index (χ0n) is 14.7. The van der Waals surface area contributed by atoms with E-state index in [0.29, 0.717) is 12.3 Å². The lowest BCUT2D eigenvalue weighted by Gasteiger charge is -2.22. The van der Waals surface area contributed by atoms with Crippen LogP contribution in [0.25, 0.3) is 16.3 Å². The highest BCUT2D eigenvalue weighted by Gasteiger charge is 2.21. The normalized spacial score (nSPS) is 18.8. The monoisotopic (exact) mass is 352 g/mol. The van der Waals surface area contributed by atoms with E-state index >= 15 is 0 Å². The van der Waals surface area contributed by atoms with Gasteiger partial charge >= 0.3 is 0 Å². The van der Waals surface area contributed by atoms with E-state index in [0.717, 1.165) is 48.3 Å². The molecule has 3 heteroatoms. The molecule has 1 aliphatic rings. The average molecular weight is 352 g/mol. The van der Waals surface area contributed by atoms with E-state index in [2.05, 4.69) is 30.3 Å². The summed E-state index contributed by atoms with van der Waals surface area (Å²) >= 11 is 5.64. The molecule has 0 aromatic heterocycles. The van der Waals surface area contributed by atoms with E-state index < -0.39 is 0 Å². The number of carbonyl (C=O) groups excluding carboxylic acids is 1. The minimum Gasteiger partial charge on any atom is -0.385 e. The van der Waals surface area contributed by atoms with Crippen LogP contribution in [0.4, 0.5) is 0 Å². The van der Waals surface area contributed by atoms with Gasteiger partial charge in [-0.2, -0.15) is 0 Å². The number of carbonyl (C=O) groups is 1. The maximum absolute atomic E-state index is 12.2. The van der Waals surface area contributed by atoms with Gasteiger partial charge in [-0.25, -0.2) is 0 Å². The van der Waals surface area contributed by atoms with Crippen molar-refractivity contribution in [2.75, 3.05) is 13.7 Å². The highest BCUT2D eigenvalue weighted by molar-refractivity contribution is 7.80. The zero-order valence-corrected chi connectivity index (χ0v) is 15.5. The molecule has 0 radical (unpaired) electrons. The number of fused-ring (bicyclic) bond motifs is 1. The van der Waals surface area contributed by atoms with Gasteiger partial charge in [0.1, 0.15) is 0 Å². The van der Waals surface area contributed by atoms with Gasteiger partial charge in [-0.15, -0.1) is 0 Å². The van der Waals surface area contributed by atoms with Crippen LogP contribution in [0.15, 0.2) is 48.5 Å². The summed E-state index contributed by atoms with van der Waals surface area (Å²) in [7, 11) is 1.73. The predicted octanol–water partition coefficient (Wildman–Crippen LogP) is 5.39. The second-order valence-electron chi connectivity index (χ2n) is 6.70. The molecule has 0 amide bonds. The topological polar surface area (TPSA) is 26.3 Å². The third kappa shape index (κ3) is 4.62. The minimum absolute atomic E-state index is 0.181. The fourth-order valence-corrected chi connectivity index (χ4v) is 3.79. The van der Waals surface area contributed by atoms with Gasteiger partial charge in [0.15, 0.2) is 5.78 Å². The van der Waals surface area contributed by atoms with Crippen LogP contribution in [0.5, 0.6) is 0 Å². The molecule has 3 rings (SSSR count). The van der Waals surface area contributed by atoms with Crippen LogP contribution < -0.4 is 0 Å². The lowest BCUT2D eigenvalue weighted by molar-refractivity contribution is -0.114. The summed E-state index contributed by atoms with van der Waals surface area (Å²) in [6.07, 6.45) is 5.96. The lowest BCUT2D eigenvalue weighted by atomic mass is 9.84. The van der Waals surface area contributed by atoms with Crippen LogP contribution >= 0.6 is 12.2 Å². The molecule has 25 heavy (non-hydrogen) atoms. The van der Waals surface area contributed by atoms with Crippen molar-refractivity contribution in [3.63, 3.8) is 0 Å². The molecular weight excluding hydrogens is 328 g/mol. The summed E-state index contributed by atoms with van der Waals surface area (Å²) in [5.41, 5.74) is 2.24. The van der Waals surface area contributed by atoms with Crippen molar-refractivity contribution in [3.8, 4) is 0 Å². The quantitative estimate of drug-likeness (QED) is 0.533. The molecule has 0 fully saturated rings. The second-order valence-corrected chi connectivity index (χ2v) is 7.22. The molecule has 0 N–H and O–H groups in total. The third-order valence-electron chi connectivity index (χ3n) is 4.90. The molecule has 0 heterocycles. The largest absolute Gasteiger partial charge is 0.385 e. The molecule has 130 valence electrons.